The number of nitrogens with one attached hydrogen (secondary N) is 1. The lowest BCUT2D eigenvalue weighted by molar-refractivity contribution is -0.168. The highest BCUT2D eigenvalue weighted by Gasteiger charge is 2.38. The summed E-state index contributed by atoms with van der Waals surface area (Å²) in [5.41, 5.74) is 0. The number of hydrogen-bond acceptors (Lipinski definition) is 2. The zero-order valence-corrected chi connectivity index (χ0v) is 10.9. The lowest BCUT2D eigenvalue weighted by Gasteiger charge is -2.33. The molecule has 0 saturated carbocycles. The third-order valence-electron chi connectivity index (χ3n) is 3.43. The van der Waals surface area contributed by atoms with Crippen molar-refractivity contribution in [3.05, 3.63) is 0 Å². The van der Waals surface area contributed by atoms with E-state index in [-0.39, 0.29) is 17.9 Å². The summed E-state index contributed by atoms with van der Waals surface area (Å²) >= 11 is 0. The van der Waals surface area contributed by atoms with Crippen LogP contribution in [-0.4, -0.2) is 42.7 Å². The Kier molecular flexibility index (Phi) is 5.44. The molecule has 1 fully saturated rings. The zero-order chi connectivity index (χ0) is 13.8. The highest BCUT2D eigenvalue weighted by Crippen LogP contribution is 2.23. The summed E-state index contributed by atoms with van der Waals surface area (Å²) in [6.45, 7) is 3.70. The van der Waals surface area contributed by atoms with Gasteiger partial charge in [-0.3, -0.25) is 4.79 Å². The van der Waals surface area contributed by atoms with E-state index in [0.29, 0.717) is 32.4 Å². The van der Waals surface area contributed by atoms with Gasteiger partial charge < -0.3 is 10.2 Å². The predicted molar refractivity (Wildman–Crippen MR) is 63.1 cm³/mol. The Hall–Kier alpha value is -0.780. The summed E-state index contributed by atoms with van der Waals surface area (Å²) in [4.78, 5) is 13.2. The van der Waals surface area contributed by atoms with Gasteiger partial charge in [0.1, 0.15) is 6.54 Å². The van der Waals surface area contributed by atoms with Crippen molar-refractivity contribution in [1.29, 1.82) is 0 Å². The molecule has 18 heavy (non-hydrogen) atoms. The summed E-state index contributed by atoms with van der Waals surface area (Å²) in [5, 5.41) is 3.02. The van der Waals surface area contributed by atoms with Crippen LogP contribution in [0.2, 0.25) is 0 Å². The quantitative estimate of drug-likeness (QED) is 0.827. The molecule has 0 spiro atoms. The van der Waals surface area contributed by atoms with Crippen LogP contribution >= 0.6 is 0 Å². The topological polar surface area (TPSA) is 32.3 Å². The van der Waals surface area contributed by atoms with Crippen molar-refractivity contribution >= 4 is 5.91 Å². The molecule has 0 aliphatic carbocycles. The number of amides is 1. The van der Waals surface area contributed by atoms with Gasteiger partial charge in [0.15, 0.2) is 0 Å². The molecule has 0 bridgehead atoms. The molecule has 1 amide bonds. The second-order valence-electron chi connectivity index (χ2n) is 4.74. The van der Waals surface area contributed by atoms with E-state index in [2.05, 4.69) is 5.32 Å². The molecule has 106 valence electrons. The van der Waals surface area contributed by atoms with Crippen LogP contribution in [0.4, 0.5) is 13.2 Å². The summed E-state index contributed by atoms with van der Waals surface area (Å²) in [7, 11) is 0. The van der Waals surface area contributed by atoms with Crippen LogP contribution in [0.5, 0.6) is 0 Å². The van der Waals surface area contributed by atoms with Gasteiger partial charge in [-0.05, 0) is 25.8 Å². The maximum Gasteiger partial charge on any atom is 0.406 e. The Bertz CT molecular complexity index is 271. The van der Waals surface area contributed by atoms with Crippen LogP contribution in [0.15, 0.2) is 0 Å². The van der Waals surface area contributed by atoms with E-state index in [9.17, 15) is 18.0 Å². The molecule has 1 rings (SSSR count). The van der Waals surface area contributed by atoms with Crippen molar-refractivity contribution in [1.82, 2.24) is 10.2 Å². The first kappa shape index (κ1) is 15.3. The van der Waals surface area contributed by atoms with E-state index in [1.165, 1.54) is 0 Å². The molecule has 1 saturated heterocycles. The number of rotatable bonds is 5. The van der Waals surface area contributed by atoms with Crippen LogP contribution in [-0.2, 0) is 4.79 Å². The minimum atomic E-state index is -4.33. The van der Waals surface area contributed by atoms with Crippen LogP contribution in [0.1, 0.15) is 33.1 Å². The lowest BCUT2D eigenvalue weighted by Crippen LogP contribution is -2.48. The molecule has 1 aliphatic heterocycles. The summed E-state index contributed by atoms with van der Waals surface area (Å²) < 4.78 is 37.7. The largest absolute Gasteiger partial charge is 0.406 e. The molecule has 0 radical (unpaired) electrons. The third-order valence-corrected chi connectivity index (χ3v) is 3.43. The standard InChI is InChI=1S/C12H21F3N2O/c1-3-10(4-2)17(8-12(13,14)15)11(18)9-5-6-16-7-9/h9-10,16H,3-8H2,1-2H3. The molecular weight excluding hydrogens is 245 g/mol. The first-order valence-electron chi connectivity index (χ1n) is 6.47. The van der Waals surface area contributed by atoms with Crippen LogP contribution in [0.25, 0.3) is 0 Å². The van der Waals surface area contributed by atoms with Gasteiger partial charge in [0.25, 0.3) is 0 Å². The molecule has 6 heteroatoms. The summed E-state index contributed by atoms with van der Waals surface area (Å²) in [5.74, 6) is -0.654. The van der Waals surface area contributed by atoms with Gasteiger partial charge in [0.05, 0.1) is 5.92 Å². The number of nitrogens with zero attached hydrogens (tertiary/aromatic N) is 1. The van der Waals surface area contributed by atoms with Gasteiger partial charge in [-0.2, -0.15) is 13.2 Å². The fourth-order valence-electron chi connectivity index (χ4n) is 2.41. The Morgan fingerprint density at radius 1 is 1.39 bits per heavy atom. The number of hydrogen-bond donors (Lipinski definition) is 1. The lowest BCUT2D eigenvalue weighted by atomic mass is 10.0. The molecule has 3 nitrogen and oxygen atoms in total. The molecule has 0 aromatic rings. The van der Waals surface area contributed by atoms with E-state index in [4.69, 9.17) is 0 Å². The van der Waals surface area contributed by atoms with Gasteiger partial charge in [0, 0.05) is 12.6 Å². The Labute approximate surface area is 106 Å². The highest BCUT2D eigenvalue weighted by atomic mass is 19.4. The van der Waals surface area contributed by atoms with E-state index in [1.54, 1.807) is 0 Å². The molecule has 0 aromatic carbocycles. The number of alkyl halides is 3. The second-order valence-corrected chi connectivity index (χ2v) is 4.74. The first-order chi connectivity index (χ1) is 8.39. The van der Waals surface area contributed by atoms with E-state index in [0.717, 1.165) is 4.90 Å². The molecule has 1 unspecified atom stereocenters. The van der Waals surface area contributed by atoms with Crippen molar-refractivity contribution in [2.24, 2.45) is 5.92 Å². The number of carbonyl (C=O) groups excluding carboxylic acids is 1. The van der Waals surface area contributed by atoms with Gasteiger partial charge in [-0.1, -0.05) is 13.8 Å². The maximum atomic E-state index is 12.6. The van der Waals surface area contributed by atoms with Gasteiger partial charge in [-0.15, -0.1) is 0 Å². The fraction of sp³-hybridized carbons (Fsp3) is 0.917. The second kappa shape index (κ2) is 6.41. The van der Waals surface area contributed by atoms with Gasteiger partial charge in [0.2, 0.25) is 5.91 Å². The number of carbonyl (C=O) groups is 1. The maximum absolute atomic E-state index is 12.6. The third kappa shape index (κ3) is 4.15. The minimum Gasteiger partial charge on any atom is -0.330 e. The normalized spacial score (nSPS) is 20.4. The number of halogens is 3. The van der Waals surface area contributed by atoms with Crippen LogP contribution in [0.3, 0.4) is 0 Å². The Morgan fingerprint density at radius 2 is 2.00 bits per heavy atom. The first-order valence-corrected chi connectivity index (χ1v) is 6.47. The Morgan fingerprint density at radius 3 is 2.39 bits per heavy atom. The molecule has 1 aliphatic rings. The monoisotopic (exact) mass is 266 g/mol. The van der Waals surface area contributed by atoms with E-state index in [1.807, 2.05) is 13.8 Å². The van der Waals surface area contributed by atoms with Crippen LogP contribution in [0, 0.1) is 5.92 Å². The van der Waals surface area contributed by atoms with Gasteiger partial charge in [-0.25, -0.2) is 0 Å². The van der Waals surface area contributed by atoms with Crippen molar-refractivity contribution in [2.75, 3.05) is 19.6 Å². The molecular formula is C12H21F3N2O. The average molecular weight is 266 g/mol. The summed E-state index contributed by atoms with van der Waals surface area (Å²) in [6, 6.07) is -0.320. The van der Waals surface area contributed by atoms with Gasteiger partial charge >= 0.3 is 6.18 Å². The minimum absolute atomic E-state index is 0.298. The van der Waals surface area contributed by atoms with E-state index < -0.39 is 12.7 Å². The van der Waals surface area contributed by atoms with Crippen molar-refractivity contribution in [3.63, 3.8) is 0 Å². The SMILES string of the molecule is CCC(CC)N(CC(F)(F)F)C(=O)C1CCNC1. The molecule has 1 N–H and O–H groups in total. The average Bonchev–Trinajstić information content (AvgIpc) is 2.80. The fourth-order valence-corrected chi connectivity index (χ4v) is 2.41. The zero-order valence-electron chi connectivity index (χ0n) is 10.9. The van der Waals surface area contributed by atoms with E-state index >= 15 is 0 Å². The predicted octanol–water partition coefficient (Wildman–Crippen LogP) is 2.18. The van der Waals surface area contributed by atoms with Crippen molar-refractivity contribution in [2.45, 2.75) is 45.3 Å². The smallest absolute Gasteiger partial charge is 0.330 e. The molecule has 1 atom stereocenters. The van der Waals surface area contributed by atoms with Crippen LogP contribution < -0.4 is 5.32 Å². The highest BCUT2D eigenvalue weighted by molar-refractivity contribution is 5.79. The molecule has 1 heterocycles. The summed E-state index contributed by atoms with van der Waals surface area (Å²) in [6.07, 6.45) is -2.59. The van der Waals surface area contributed by atoms with Crippen molar-refractivity contribution in [3.8, 4) is 0 Å². The molecule has 0 aromatic heterocycles. The van der Waals surface area contributed by atoms with Crippen molar-refractivity contribution < 1.29 is 18.0 Å². The Balaban J connectivity index is 2.77.